The first-order valence-electron chi connectivity index (χ1n) is 6.59. The summed E-state index contributed by atoms with van der Waals surface area (Å²) >= 11 is 0. The second kappa shape index (κ2) is 4.62. The van der Waals surface area contributed by atoms with Gasteiger partial charge in [-0.3, -0.25) is 0 Å². The molecule has 1 aromatic carbocycles. The number of nitrogens with zero attached hydrogens (tertiary/aromatic N) is 1. The Bertz CT molecular complexity index is 474. The number of hydrogen-bond donors (Lipinski definition) is 0. The molecule has 3 heteroatoms. The third-order valence-corrected chi connectivity index (χ3v) is 4.00. The van der Waals surface area contributed by atoms with Crippen molar-refractivity contribution in [3.63, 3.8) is 0 Å². The first-order valence-corrected chi connectivity index (χ1v) is 6.59. The maximum Gasteiger partial charge on any atom is 0.124 e. The molecular formula is C15H17NO2. The van der Waals surface area contributed by atoms with Crippen LogP contribution in [0.25, 0.3) is 0 Å². The standard InChI is InChI=1S/C15H17NO2/c16-11-15(10-12-4-3-8-17-12)7-9-18-14-6-2-1-5-13(14)15/h1-2,5-6,12H,3-4,7-10H2. The van der Waals surface area contributed by atoms with Gasteiger partial charge >= 0.3 is 0 Å². The fraction of sp³-hybridized carbons (Fsp3) is 0.533. The van der Waals surface area contributed by atoms with E-state index in [4.69, 9.17) is 9.47 Å². The molecule has 2 atom stereocenters. The van der Waals surface area contributed by atoms with Crippen molar-refractivity contribution < 1.29 is 9.47 Å². The van der Waals surface area contributed by atoms with Crippen LogP contribution < -0.4 is 4.74 Å². The predicted molar refractivity (Wildman–Crippen MR) is 67.4 cm³/mol. The zero-order chi connectivity index (χ0) is 12.4. The molecule has 1 aromatic rings. The molecule has 0 spiro atoms. The average molecular weight is 243 g/mol. The largest absolute Gasteiger partial charge is 0.493 e. The van der Waals surface area contributed by atoms with Gasteiger partial charge in [0.15, 0.2) is 0 Å². The van der Waals surface area contributed by atoms with E-state index < -0.39 is 5.41 Å². The molecule has 0 saturated carbocycles. The minimum Gasteiger partial charge on any atom is -0.493 e. The molecule has 0 bridgehead atoms. The van der Waals surface area contributed by atoms with Crippen LogP contribution in [0.15, 0.2) is 24.3 Å². The second-order valence-corrected chi connectivity index (χ2v) is 5.13. The van der Waals surface area contributed by atoms with Gasteiger partial charge in [0, 0.05) is 18.6 Å². The van der Waals surface area contributed by atoms with Crippen LogP contribution in [-0.2, 0) is 10.2 Å². The first kappa shape index (κ1) is 11.6. The molecule has 2 heterocycles. The summed E-state index contributed by atoms with van der Waals surface area (Å²) in [4.78, 5) is 0. The molecule has 2 aliphatic rings. The van der Waals surface area contributed by atoms with E-state index in [1.807, 2.05) is 24.3 Å². The van der Waals surface area contributed by atoms with Crippen LogP contribution in [0.3, 0.4) is 0 Å². The fourth-order valence-electron chi connectivity index (χ4n) is 3.03. The molecule has 18 heavy (non-hydrogen) atoms. The third-order valence-electron chi connectivity index (χ3n) is 4.00. The molecule has 2 unspecified atom stereocenters. The SMILES string of the molecule is N#CC1(CC2CCCO2)CCOc2ccccc21. The topological polar surface area (TPSA) is 42.2 Å². The van der Waals surface area contributed by atoms with E-state index in [1.165, 1.54) is 0 Å². The van der Waals surface area contributed by atoms with Crippen molar-refractivity contribution in [3.05, 3.63) is 29.8 Å². The highest BCUT2D eigenvalue weighted by Crippen LogP contribution is 2.42. The van der Waals surface area contributed by atoms with Crippen LogP contribution in [0.4, 0.5) is 0 Å². The van der Waals surface area contributed by atoms with Crippen molar-refractivity contribution >= 4 is 0 Å². The van der Waals surface area contributed by atoms with Gasteiger partial charge in [0.05, 0.1) is 24.2 Å². The summed E-state index contributed by atoms with van der Waals surface area (Å²) in [6.07, 6.45) is 3.98. The summed E-state index contributed by atoms with van der Waals surface area (Å²) in [5.74, 6) is 0.864. The molecule has 0 aliphatic carbocycles. The monoisotopic (exact) mass is 243 g/mol. The number of ether oxygens (including phenoxy) is 2. The second-order valence-electron chi connectivity index (χ2n) is 5.13. The van der Waals surface area contributed by atoms with E-state index in [2.05, 4.69) is 6.07 Å². The molecule has 1 saturated heterocycles. The molecule has 2 aliphatic heterocycles. The summed E-state index contributed by atoms with van der Waals surface area (Å²) in [6.45, 7) is 1.46. The Morgan fingerprint density at radius 3 is 3.00 bits per heavy atom. The lowest BCUT2D eigenvalue weighted by atomic mass is 9.73. The quantitative estimate of drug-likeness (QED) is 0.802. The molecule has 1 fully saturated rings. The third kappa shape index (κ3) is 1.87. The number of fused-ring (bicyclic) bond motifs is 1. The van der Waals surface area contributed by atoms with Crippen molar-refractivity contribution in [1.82, 2.24) is 0 Å². The lowest BCUT2D eigenvalue weighted by Crippen LogP contribution is -2.35. The number of para-hydroxylation sites is 1. The summed E-state index contributed by atoms with van der Waals surface area (Å²) < 4.78 is 11.4. The minimum absolute atomic E-state index is 0.232. The highest BCUT2D eigenvalue weighted by Gasteiger charge is 2.40. The molecule has 0 aromatic heterocycles. The minimum atomic E-state index is -0.427. The normalized spacial score (nSPS) is 30.3. The number of rotatable bonds is 2. The van der Waals surface area contributed by atoms with Gasteiger partial charge in [-0.1, -0.05) is 18.2 Å². The first-order chi connectivity index (χ1) is 8.84. The molecular weight excluding hydrogens is 226 g/mol. The van der Waals surface area contributed by atoms with Gasteiger partial charge < -0.3 is 9.47 Å². The van der Waals surface area contributed by atoms with E-state index in [1.54, 1.807) is 0 Å². The van der Waals surface area contributed by atoms with Gasteiger partial charge in [0.25, 0.3) is 0 Å². The predicted octanol–water partition coefficient (Wildman–Crippen LogP) is 2.80. The van der Waals surface area contributed by atoms with Crippen LogP contribution in [0.1, 0.15) is 31.2 Å². The lowest BCUT2D eigenvalue weighted by molar-refractivity contribution is 0.0819. The van der Waals surface area contributed by atoms with Gasteiger partial charge in [0.2, 0.25) is 0 Å². The Morgan fingerprint density at radius 2 is 2.22 bits per heavy atom. The van der Waals surface area contributed by atoms with Crippen LogP contribution in [0.2, 0.25) is 0 Å². The van der Waals surface area contributed by atoms with E-state index >= 15 is 0 Å². The number of nitriles is 1. The Balaban J connectivity index is 1.94. The zero-order valence-electron chi connectivity index (χ0n) is 10.4. The van der Waals surface area contributed by atoms with Crippen molar-refractivity contribution in [1.29, 1.82) is 5.26 Å². The summed E-state index contributed by atoms with van der Waals surface area (Å²) in [7, 11) is 0. The van der Waals surface area contributed by atoms with E-state index in [9.17, 15) is 5.26 Å². The maximum atomic E-state index is 9.69. The van der Waals surface area contributed by atoms with Crippen LogP contribution in [0, 0.1) is 11.3 Å². The van der Waals surface area contributed by atoms with Crippen molar-refractivity contribution in [2.75, 3.05) is 13.2 Å². The van der Waals surface area contributed by atoms with Crippen LogP contribution in [0.5, 0.6) is 5.75 Å². The molecule has 3 rings (SSSR count). The molecule has 0 amide bonds. The van der Waals surface area contributed by atoms with E-state index in [0.29, 0.717) is 6.61 Å². The molecule has 3 nitrogen and oxygen atoms in total. The average Bonchev–Trinajstić information content (AvgIpc) is 2.92. The smallest absolute Gasteiger partial charge is 0.124 e. The highest BCUT2D eigenvalue weighted by molar-refractivity contribution is 5.45. The Hall–Kier alpha value is -1.53. The van der Waals surface area contributed by atoms with Crippen LogP contribution in [-0.4, -0.2) is 19.3 Å². The summed E-state index contributed by atoms with van der Waals surface area (Å²) in [5, 5.41) is 9.69. The van der Waals surface area contributed by atoms with Crippen molar-refractivity contribution in [2.24, 2.45) is 0 Å². The zero-order valence-corrected chi connectivity index (χ0v) is 10.4. The van der Waals surface area contributed by atoms with E-state index in [0.717, 1.165) is 43.6 Å². The van der Waals surface area contributed by atoms with Crippen LogP contribution >= 0.6 is 0 Å². The van der Waals surface area contributed by atoms with Gasteiger partial charge in [-0.2, -0.15) is 5.26 Å². The highest BCUT2D eigenvalue weighted by atomic mass is 16.5. The molecule has 0 N–H and O–H groups in total. The van der Waals surface area contributed by atoms with Gasteiger partial charge in [0.1, 0.15) is 5.75 Å². The van der Waals surface area contributed by atoms with Gasteiger partial charge in [-0.15, -0.1) is 0 Å². The van der Waals surface area contributed by atoms with Gasteiger partial charge in [-0.25, -0.2) is 0 Å². The number of benzene rings is 1. The number of hydrogen-bond acceptors (Lipinski definition) is 3. The molecule has 94 valence electrons. The van der Waals surface area contributed by atoms with Crippen molar-refractivity contribution in [3.8, 4) is 11.8 Å². The maximum absolute atomic E-state index is 9.69. The van der Waals surface area contributed by atoms with Gasteiger partial charge in [-0.05, 0) is 25.3 Å². The Kier molecular flexibility index (Phi) is 2.97. The molecule has 0 radical (unpaired) electrons. The van der Waals surface area contributed by atoms with E-state index in [-0.39, 0.29) is 6.10 Å². The lowest BCUT2D eigenvalue weighted by Gasteiger charge is -2.34. The summed E-state index contributed by atoms with van der Waals surface area (Å²) in [6, 6.07) is 10.5. The Morgan fingerprint density at radius 1 is 1.33 bits per heavy atom. The summed E-state index contributed by atoms with van der Waals surface area (Å²) in [5.41, 5.74) is 0.610. The Labute approximate surface area is 107 Å². The fourth-order valence-corrected chi connectivity index (χ4v) is 3.03. The van der Waals surface area contributed by atoms with Crippen molar-refractivity contribution in [2.45, 2.75) is 37.2 Å².